The third-order valence-corrected chi connectivity index (χ3v) is 7.77. The molecule has 1 aliphatic rings. The van der Waals surface area contributed by atoms with Gasteiger partial charge in [-0.2, -0.15) is 0 Å². The Balaban J connectivity index is 0.00000218. The average Bonchev–Trinajstić information content (AvgIpc) is 2.69. The van der Waals surface area contributed by atoms with Crippen molar-refractivity contribution in [3.05, 3.63) is 24.3 Å². The van der Waals surface area contributed by atoms with Gasteiger partial charge >= 0.3 is 0 Å². The highest BCUT2D eigenvalue weighted by atomic mass is 32.2. The zero-order valence-corrected chi connectivity index (χ0v) is 20.2. The lowest BCUT2D eigenvalue weighted by Gasteiger charge is -2.33. The van der Waals surface area contributed by atoms with Crippen molar-refractivity contribution in [2.45, 2.75) is 76.9 Å². The number of primary amides is 1. The lowest BCUT2D eigenvalue weighted by atomic mass is 9.84. The van der Waals surface area contributed by atoms with Gasteiger partial charge in [0.05, 0.1) is 11.5 Å². The van der Waals surface area contributed by atoms with Gasteiger partial charge in [-0.1, -0.05) is 41.5 Å². The van der Waals surface area contributed by atoms with Crippen LogP contribution in [0.1, 0.15) is 67.2 Å². The van der Waals surface area contributed by atoms with Crippen molar-refractivity contribution >= 4 is 15.7 Å². The SMILES string of the molecule is CC.CC(CCOc1ccc(S(=O)(=O)C2(C(N)=O)CCOCC2)cc1)CC(C)(C)C. The summed E-state index contributed by atoms with van der Waals surface area (Å²) in [6, 6.07) is 6.25. The highest BCUT2D eigenvalue weighted by Gasteiger charge is 2.51. The summed E-state index contributed by atoms with van der Waals surface area (Å²) in [4.78, 5) is 12.1. The molecule has 30 heavy (non-hydrogen) atoms. The van der Waals surface area contributed by atoms with E-state index in [4.69, 9.17) is 15.2 Å². The van der Waals surface area contributed by atoms with E-state index in [1.807, 2.05) is 13.8 Å². The standard InChI is InChI=1S/C21H33NO5S.C2H6/c1-16(15-20(2,3)4)9-12-27-17-5-7-18(8-6-17)28(24,25)21(19(22)23)10-13-26-14-11-21;1-2/h5-8,16H,9-15H2,1-4H3,(H2,22,23);1-2H3. The Labute approximate surface area is 182 Å². The summed E-state index contributed by atoms with van der Waals surface area (Å²) in [5.74, 6) is 0.342. The van der Waals surface area contributed by atoms with Gasteiger partial charge < -0.3 is 15.2 Å². The van der Waals surface area contributed by atoms with Gasteiger partial charge in [0, 0.05) is 13.2 Å². The molecule has 1 amide bonds. The molecule has 1 atom stereocenters. The molecule has 0 spiro atoms. The van der Waals surface area contributed by atoms with Crippen LogP contribution in [-0.4, -0.2) is 38.9 Å². The van der Waals surface area contributed by atoms with E-state index < -0.39 is 20.5 Å². The first-order valence-corrected chi connectivity index (χ1v) is 12.3. The minimum absolute atomic E-state index is 0.0780. The van der Waals surface area contributed by atoms with Gasteiger partial charge in [-0.25, -0.2) is 8.42 Å². The number of carbonyl (C=O) groups is 1. The Morgan fingerprint density at radius 3 is 2.17 bits per heavy atom. The normalized spacial score (nSPS) is 17.4. The summed E-state index contributed by atoms with van der Waals surface area (Å²) in [6.45, 7) is 13.9. The van der Waals surface area contributed by atoms with Crippen molar-refractivity contribution in [2.75, 3.05) is 19.8 Å². The monoisotopic (exact) mass is 441 g/mol. The zero-order valence-electron chi connectivity index (χ0n) is 19.4. The molecule has 2 rings (SSSR count). The molecule has 2 N–H and O–H groups in total. The summed E-state index contributed by atoms with van der Waals surface area (Å²) < 4.78 is 35.6. The highest BCUT2D eigenvalue weighted by Crippen LogP contribution is 2.35. The van der Waals surface area contributed by atoms with Crippen LogP contribution in [-0.2, 0) is 19.4 Å². The van der Waals surface area contributed by atoms with Crippen LogP contribution in [0.25, 0.3) is 0 Å². The third kappa shape index (κ3) is 6.71. The molecule has 1 saturated heterocycles. The number of carbonyl (C=O) groups excluding carboxylic acids is 1. The van der Waals surface area contributed by atoms with Crippen LogP contribution in [0, 0.1) is 11.3 Å². The van der Waals surface area contributed by atoms with E-state index >= 15 is 0 Å². The van der Waals surface area contributed by atoms with Gasteiger partial charge in [-0.3, -0.25) is 4.79 Å². The number of nitrogens with two attached hydrogens (primary N) is 1. The van der Waals surface area contributed by atoms with Crippen molar-refractivity contribution in [1.82, 2.24) is 0 Å². The molecule has 1 aromatic carbocycles. The summed E-state index contributed by atoms with van der Waals surface area (Å²) in [7, 11) is -3.90. The maximum Gasteiger partial charge on any atom is 0.239 e. The van der Waals surface area contributed by atoms with Crippen LogP contribution in [0.3, 0.4) is 0 Å². The van der Waals surface area contributed by atoms with Crippen LogP contribution < -0.4 is 10.5 Å². The molecule has 1 aliphatic heterocycles. The minimum Gasteiger partial charge on any atom is -0.494 e. The topological polar surface area (TPSA) is 95.7 Å². The first-order valence-electron chi connectivity index (χ1n) is 10.8. The van der Waals surface area contributed by atoms with Crippen molar-refractivity contribution < 1.29 is 22.7 Å². The first-order chi connectivity index (χ1) is 14.0. The number of hydrogen-bond acceptors (Lipinski definition) is 5. The maximum absolute atomic E-state index is 13.1. The second-order valence-electron chi connectivity index (χ2n) is 8.95. The fourth-order valence-electron chi connectivity index (χ4n) is 3.81. The fraction of sp³-hybridized carbons (Fsp3) is 0.696. The fourth-order valence-corrected chi connectivity index (χ4v) is 5.73. The first kappa shape index (κ1) is 26.4. The van der Waals surface area contributed by atoms with E-state index in [1.54, 1.807) is 12.1 Å². The molecule has 1 unspecified atom stereocenters. The zero-order chi connectivity index (χ0) is 23.0. The van der Waals surface area contributed by atoms with Crippen LogP contribution in [0.5, 0.6) is 5.75 Å². The molecule has 0 radical (unpaired) electrons. The van der Waals surface area contributed by atoms with E-state index in [0.717, 1.165) is 12.8 Å². The van der Waals surface area contributed by atoms with Gasteiger partial charge in [-0.05, 0) is 61.3 Å². The second-order valence-corrected chi connectivity index (χ2v) is 11.2. The Bertz CT molecular complexity index is 760. The van der Waals surface area contributed by atoms with Crippen molar-refractivity contribution in [2.24, 2.45) is 17.1 Å². The van der Waals surface area contributed by atoms with E-state index in [2.05, 4.69) is 27.7 Å². The molecule has 1 fully saturated rings. The Morgan fingerprint density at radius 2 is 1.70 bits per heavy atom. The molecular formula is C23H39NO5S. The number of rotatable bonds is 8. The molecule has 1 aromatic rings. The van der Waals surface area contributed by atoms with Gasteiger partial charge in [0.15, 0.2) is 14.6 Å². The summed E-state index contributed by atoms with van der Waals surface area (Å²) in [6.07, 6.45) is 2.21. The number of sulfone groups is 1. The Hall–Kier alpha value is -1.60. The minimum atomic E-state index is -3.90. The van der Waals surface area contributed by atoms with E-state index in [0.29, 0.717) is 18.3 Å². The van der Waals surface area contributed by atoms with E-state index in [9.17, 15) is 13.2 Å². The quantitative estimate of drug-likeness (QED) is 0.646. The smallest absolute Gasteiger partial charge is 0.239 e. The van der Waals surface area contributed by atoms with E-state index in [1.165, 1.54) is 12.1 Å². The predicted octanol–water partition coefficient (Wildman–Crippen LogP) is 4.36. The van der Waals surface area contributed by atoms with Crippen LogP contribution >= 0.6 is 0 Å². The number of benzene rings is 1. The summed E-state index contributed by atoms with van der Waals surface area (Å²) in [5, 5.41) is 0. The maximum atomic E-state index is 13.1. The molecular weight excluding hydrogens is 402 g/mol. The summed E-state index contributed by atoms with van der Waals surface area (Å²) >= 11 is 0. The van der Waals surface area contributed by atoms with Crippen molar-refractivity contribution in [3.63, 3.8) is 0 Å². The van der Waals surface area contributed by atoms with Gasteiger partial charge in [0.1, 0.15) is 5.75 Å². The lowest BCUT2D eigenvalue weighted by molar-refractivity contribution is -0.122. The molecule has 0 saturated carbocycles. The highest BCUT2D eigenvalue weighted by molar-refractivity contribution is 7.93. The van der Waals surface area contributed by atoms with Crippen molar-refractivity contribution in [3.8, 4) is 5.75 Å². The summed E-state index contributed by atoms with van der Waals surface area (Å²) in [5.41, 5.74) is 5.78. The molecule has 0 bridgehead atoms. The second kappa shape index (κ2) is 11.1. The molecule has 0 aliphatic carbocycles. The van der Waals surface area contributed by atoms with Gasteiger partial charge in [0.2, 0.25) is 5.91 Å². The Morgan fingerprint density at radius 1 is 1.17 bits per heavy atom. The molecule has 1 heterocycles. The van der Waals surface area contributed by atoms with Crippen LogP contribution in [0.2, 0.25) is 0 Å². The molecule has 172 valence electrons. The number of amides is 1. The number of hydrogen-bond donors (Lipinski definition) is 1. The predicted molar refractivity (Wildman–Crippen MR) is 120 cm³/mol. The largest absolute Gasteiger partial charge is 0.494 e. The van der Waals surface area contributed by atoms with Crippen LogP contribution in [0.4, 0.5) is 0 Å². The lowest BCUT2D eigenvalue weighted by Crippen LogP contribution is -2.53. The molecule has 0 aromatic heterocycles. The average molecular weight is 442 g/mol. The number of ether oxygens (including phenoxy) is 2. The van der Waals surface area contributed by atoms with Crippen LogP contribution in [0.15, 0.2) is 29.2 Å². The third-order valence-electron chi connectivity index (χ3n) is 5.24. The van der Waals surface area contributed by atoms with Crippen molar-refractivity contribution in [1.29, 1.82) is 0 Å². The van der Waals surface area contributed by atoms with Gasteiger partial charge in [-0.15, -0.1) is 0 Å². The van der Waals surface area contributed by atoms with Gasteiger partial charge in [0.25, 0.3) is 0 Å². The van der Waals surface area contributed by atoms with E-state index in [-0.39, 0.29) is 36.4 Å². The molecule has 7 heteroatoms. The Kier molecular flexibility index (Phi) is 9.82. The molecule has 6 nitrogen and oxygen atoms in total.